The molecule has 106 valence electrons. The number of rotatable bonds is 5. The predicted octanol–water partition coefficient (Wildman–Crippen LogP) is 3.41. The van der Waals surface area contributed by atoms with Gasteiger partial charge in [-0.25, -0.2) is 12.8 Å². The Balaban J connectivity index is 2.04. The van der Waals surface area contributed by atoms with E-state index in [0.29, 0.717) is 15.7 Å². The zero-order valence-corrected chi connectivity index (χ0v) is 13.5. The standard InChI is InChI=1S/C14H13FINO2S/c15-12-6-7-14(13(16)10-12)17-20(18,19)9-8-11-4-2-1-3-5-11/h1-7,10,17H,8-9H2. The summed E-state index contributed by atoms with van der Waals surface area (Å²) in [5, 5.41) is 0. The maximum absolute atomic E-state index is 13.0. The van der Waals surface area contributed by atoms with Gasteiger partial charge in [0, 0.05) is 3.57 Å². The van der Waals surface area contributed by atoms with Crippen molar-refractivity contribution in [1.29, 1.82) is 0 Å². The van der Waals surface area contributed by atoms with Crippen LogP contribution in [0.4, 0.5) is 10.1 Å². The largest absolute Gasteiger partial charge is 0.282 e. The fourth-order valence-corrected chi connectivity index (χ4v) is 3.60. The van der Waals surface area contributed by atoms with E-state index in [1.54, 1.807) is 0 Å². The molecule has 20 heavy (non-hydrogen) atoms. The highest BCUT2D eigenvalue weighted by molar-refractivity contribution is 14.1. The highest BCUT2D eigenvalue weighted by atomic mass is 127. The topological polar surface area (TPSA) is 46.2 Å². The maximum Gasteiger partial charge on any atom is 0.233 e. The van der Waals surface area contributed by atoms with Crippen LogP contribution in [0.5, 0.6) is 0 Å². The van der Waals surface area contributed by atoms with Crippen molar-refractivity contribution in [1.82, 2.24) is 0 Å². The quantitative estimate of drug-likeness (QED) is 0.776. The molecule has 2 aromatic rings. The minimum Gasteiger partial charge on any atom is -0.282 e. The van der Waals surface area contributed by atoms with Gasteiger partial charge in [-0.05, 0) is 52.8 Å². The fourth-order valence-electron chi connectivity index (χ4n) is 1.69. The molecule has 0 heterocycles. The lowest BCUT2D eigenvalue weighted by Gasteiger charge is -2.09. The van der Waals surface area contributed by atoms with E-state index in [-0.39, 0.29) is 11.6 Å². The van der Waals surface area contributed by atoms with Gasteiger partial charge in [0.05, 0.1) is 11.4 Å². The van der Waals surface area contributed by atoms with Crippen molar-refractivity contribution in [3.8, 4) is 0 Å². The Labute approximate surface area is 131 Å². The Morgan fingerprint density at radius 2 is 1.80 bits per heavy atom. The lowest BCUT2D eigenvalue weighted by atomic mass is 10.2. The molecule has 1 N–H and O–H groups in total. The fraction of sp³-hybridized carbons (Fsp3) is 0.143. The van der Waals surface area contributed by atoms with Crippen molar-refractivity contribution in [2.24, 2.45) is 0 Å². The third-order valence-electron chi connectivity index (χ3n) is 2.70. The van der Waals surface area contributed by atoms with Crippen LogP contribution in [0.2, 0.25) is 0 Å². The zero-order chi connectivity index (χ0) is 14.6. The second-order valence-electron chi connectivity index (χ2n) is 4.28. The lowest BCUT2D eigenvalue weighted by Crippen LogP contribution is -2.18. The Morgan fingerprint density at radius 3 is 2.45 bits per heavy atom. The van der Waals surface area contributed by atoms with Crippen molar-refractivity contribution in [2.45, 2.75) is 6.42 Å². The van der Waals surface area contributed by atoms with Crippen LogP contribution in [-0.4, -0.2) is 14.2 Å². The van der Waals surface area contributed by atoms with Gasteiger partial charge in [0.1, 0.15) is 5.82 Å². The zero-order valence-electron chi connectivity index (χ0n) is 10.5. The summed E-state index contributed by atoms with van der Waals surface area (Å²) in [7, 11) is -3.45. The number of hydrogen-bond donors (Lipinski definition) is 1. The SMILES string of the molecule is O=S(=O)(CCc1ccccc1)Nc1ccc(F)cc1I. The summed E-state index contributed by atoms with van der Waals surface area (Å²) in [6, 6.07) is 13.4. The van der Waals surface area contributed by atoms with Gasteiger partial charge in [0.15, 0.2) is 0 Å². The van der Waals surface area contributed by atoms with Gasteiger partial charge in [0.25, 0.3) is 0 Å². The summed E-state index contributed by atoms with van der Waals surface area (Å²) < 4.78 is 40.0. The number of aryl methyl sites for hydroxylation is 1. The van der Waals surface area contributed by atoms with Crippen LogP contribution in [0.3, 0.4) is 0 Å². The summed E-state index contributed by atoms with van der Waals surface area (Å²) in [5.74, 6) is -0.397. The first-order valence-corrected chi connectivity index (χ1v) is 8.69. The molecule has 0 aliphatic carbocycles. The molecule has 3 nitrogen and oxygen atoms in total. The van der Waals surface area contributed by atoms with Crippen LogP contribution in [0.1, 0.15) is 5.56 Å². The van der Waals surface area contributed by atoms with E-state index >= 15 is 0 Å². The number of hydrogen-bond acceptors (Lipinski definition) is 2. The van der Waals surface area contributed by atoms with Crippen LogP contribution < -0.4 is 4.72 Å². The molecule has 6 heteroatoms. The second-order valence-corrected chi connectivity index (χ2v) is 7.28. The Kier molecular flexibility index (Phi) is 4.98. The van der Waals surface area contributed by atoms with E-state index in [1.165, 1.54) is 18.2 Å². The Morgan fingerprint density at radius 1 is 1.10 bits per heavy atom. The van der Waals surface area contributed by atoms with Gasteiger partial charge >= 0.3 is 0 Å². The average Bonchev–Trinajstić information content (AvgIpc) is 2.41. The monoisotopic (exact) mass is 405 g/mol. The van der Waals surface area contributed by atoms with Crippen LogP contribution >= 0.6 is 22.6 Å². The Hall–Kier alpha value is -1.15. The summed E-state index contributed by atoms with van der Waals surface area (Å²) in [6.07, 6.45) is 0.438. The molecule has 0 radical (unpaired) electrons. The summed E-state index contributed by atoms with van der Waals surface area (Å²) in [5.41, 5.74) is 1.37. The first-order valence-electron chi connectivity index (χ1n) is 5.96. The molecule has 0 saturated carbocycles. The molecular formula is C14H13FINO2S. The highest BCUT2D eigenvalue weighted by Gasteiger charge is 2.12. The van der Waals surface area contributed by atoms with E-state index in [2.05, 4.69) is 4.72 Å². The molecule has 0 aromatic heterocycles. The predicted molar refractivity (Wildman–Crippen MR) is 86.7 cm³/mol. The highest BCUT2D eigenvalue weighted by Crippen LogP contribution is 2.20. The van der Waals surface area contributed by atoms with E-state index in [9.17, 15) is 12.8 Å². The average molecular weight is 405 g/mol. The molecule has 0 aliphatic rings. The van der Waals surface area contributed by atoms with Gasteiger partial charge in [-0.15, -0.1) is 0 Å². The molecule has 0 saturated heterocycles. The molecule has 0 bridgehead atoms. The van der Waals surface area contributed by atoms with Crippen LogP contribution in [0.25, 0.3) is 0 Å². The van der Waals surface area contributed by atoms with Crippen molar-refractivity contribution in [3.05, 3.63) is 63.5 Å². The Bertz CT molecular complexity index is 690. The molecule has 2 aromatic carbocycles. The molecule has 2 rings (SSSR count). The van der Waals surface area contributed by atoms with Crippen molar-refractivity contribution >= 4 is 38.3 Å². The molecule has 0 unspecified atom stereocenters. The number of halogens is 2. The summed E-state index contributed by atoms with van der Waals surface area (Å²) in [6.45, 7) is 0. The molecule has 0 fully saturated rings. The number of benzene rings is 2. The molecule has 0 amide bonds. The normalized spacial score (nSPS) is 11.3. The molecular weight excluding hydrogens is 392 g/mol. The summed E-state index contributed by atoms with van der Waals surface area (Å²) >= 11 is 1.90. The van der Waals surface area contributed by atoms with Gasteiger partial charge in [0.2, 0.25) is 10.0 Å². The van der Waals surface area contributed by atoms with E-state index in [0.717, 1.165) is 5.56 Å². The minimum atomic E-state index is -3.45. The number of anilines is 1. The van der Waals surface area contributed by atoms with Crippen LogP contribution in [-0.2, 0) is 16.4 Å². The van der Waals surface area contributed by atoms with Gasteiger partial charge in [-0.2, -0.15) is 0 Å². The van der Waals surface area contributed by atoms with Crippen molar-refractivity contribution < 1.29 is 12.8 Å². The molecule has 0 spiro atoms. The number of nitrogens with one attached hydrogen (secondary N) is 1. The van der Waals surface area contributed by atoms with Crippen LogP contribution in [0.15, 0.2) is 48.5 Å². The molecule has 0 atom stereocenters. The summed E-state index contributed by atoms with van der Waals surface area (Å²) in [4.78, 5) is 0. The first kappa shape index (κ1) is 15.2. The third kappa shape index (κ3) is 4.45. The van der Waals surface area contributed by atoms with Gasteiger partial charge < -0.3 is 0 Å². The van der Waals surface area contributed by atoms with Crippen molar-refractivity contribution in [3.63, 3.8) is 0 Å². The van der Waals surface area contributed by atoms with Crippen molar-refractivity contribution in [2.75, 3.05) is 10.5 Å². The third-order valence-corrected chi connectivity index (χ3v) is 4.86. The lowest BCUT2D eigenvalue weighted by molar-refractivity contribution is 0.600. The molecule has 0 aliphatic heterocycles. The number of sulfonamides is 1. The van der Waals surface area contributed by atoms with Gasteiger partial charge in [-0.1, -0.05) is 30.3 Å². The maximum atomic E-state index is 13.0. The minimum absolute atomic E-state index is 0.00945. The smallest absolute Gasteiger partial charge is 0.233 e. The second kappa shape index (κ2) is 6.53. The van der Waals surface area contributed by atoms with E-state index < -0.39 is 10.0 Å². The van der Waals surface area contributed by atoms with E-state index in [4.69, 9.17) is 0 Å². The van der Waals surface area contributed by atoms with Gasteiger partial charge in [-0.3, -0.25) is 4.72 Å². The van der Waals surface area contributed by atoms with Crippen LogP contribution in [0, 0.1) is 9.39 Å². The van der Waals surface area contributed by atoms with E-state index in [1.807, 2.05) is 52.9 Å². The first-order chi connectivity index (χ1) is 9.46.